The number of carboxylic acids is 1. The number of nitrogens with zero attached hydrogens (tertiary/aromatic N) is 1. The smallest absolute Gasteiger partial charge is 0.326 e. The number of amides is 1. The summed E-state index contributed by atoms with van der Waals surface area (Å²) in [5, 5.41) is 11.1. The summed E-state index contributed by atoms with van der Waals surface area (Å²) in [6.07, 6.45) is 1.44. The van der Waals surface area contributed by atoms with Crippen molar-refractivity contribution in [2.45, 2.75) is 50.5 Å². The van der Waals surface area contributed by atoms with Gasteiger partial charge in [0.2, 0.25) is 0 Å². The van der Waals surface area contributed by atoms with Gasteiger partial charge in [0.1, 0.15) is 18.2 Å². The van der Waals surface area contributed by atoms with E-state index in [1.165, 1.54) is 4.90 Å². The van der Waals surface area contributed by atoms with Crippen LogP contribution in [-0.4, -0.2) is 34.0 Å². The molecule has 4 atom stereocenters. The Morgan fingerprint density at radius 2 is 1.68 bits per heavy atom. The molecule has 0 radical (unpaired) electrons. The molecule has 2 aromatic carbocycles. The minimum Gasteiger partial charge on any atom is -0.480 e. The summed E-state index contributed by atoms with van der Waals surface area (Å²) in [6.45, 7) is 5.63. The number of carbonyl (C=O) groups is 2. The van der Waals surface area contributed by atoms with E-state index >= 15 is 0 Å². The minimum atomic E-state index is -1.04. The molecule has 0 bridgehead atoms. The monoisotopic (exact) mass is 461 g/mol. The standard InChI is InChI=1S/C24H25Cl2NO4/c1-3-5-19(24(29)30)27-21(15-7-11-17(25)12-8-15)22(16-9-13-18(26)14-10-16)31-20(6-4-2)23(27)28/h4,7-14,19-22H,2-3,5-6H2,1H3,(H,29,30)/t19-,20+,21-,22+/m1/s1. The average molecular weight is 462 g/mol. The van der Waals surface area contributed by atoms with Crippen LogP contribution in [0.2, 0.25) is 10.0 Å². The number of carboxylic acid groups (broad SMARTS) is 1. The highest BCUT2D eigenvalue weighted by atomic mass is 35.5. The molecular formula is C24H25Cl2NO4. The van der Waals surface area contributed by atoms with Crippen LogP contribution in [0.1, 0.15) is 49.5 Å². The summed E-state index contributed by atoms with van der Waals surface area (Å²) < 4.78 is 6.27. The van der Waals surface area contributed by atoms with Crippen LogP contribution in [0.15, 0.2) is 61.2 Å². The number of hydrogen-bond donors (Lipinski definition) is 1. The minimum absolute atomic E-state index is 0.283. The fraction of sp³-hybridized carbons (Fsp3) is 0.333. The fourth-order valence-electron chi connectivity index (χ4n) is 3.98. The summed E-state index contributed by atoms with van der Waals surface area (Å²) in [6, 6.07) is 12.6. The zero-order chi connectivity index (χ0) is 22.5. The Hall–Kier alpha value is -2.34. The third kappa shape index (κ3) is 5.12. The van der Waals surface area contributed by atoms with Gasteiger partial charge in [-0.2, -0.15) is 0 Å². The van der Waals surface area contributed by atoms with Crippen molar-refractivity contribution in [1.29, 1.82) is 0 Å². The zero-order valence-electron chi connectivity index (χ0n) is 17.2. The molecule has 1 aliphatic rings. The third-order valence-electron chi connectivity index (χ3n) is 5.40. The predicted octanol–water partition coefficient (Wildman–Crippen LogP) is 5.83. The summed E-state index contributed by atoms with van der Waals surface area (Å²) in [5.74, 6) is -1.39. The van der Waals surface area contributed by atoms with Gasteiger partial charge in [-0.3, -0.25) is 4.79 Å². The lowest BCUT2D eigenvalue weighted by Gasteiger charge is -2.47. The molecule has 0 aliphatic carbocycles. The third-order valence-corrected chi connectivity index (χ3v) is 5.90. The predicted molar refractivity (Wildman–Crippen MR) is 121 cm³/mol. The van der Waals surface area contributed by atoms with E-state index in [1.807, 2.05) is 19.1 Å². The van der Waals surface area contributed by atoms with E-state index in [4.69, 9.17) is 27.9 Å². The second kappa shape index (κ2) is 10.3. The number of hydrogen-bond acceptors (Lipinski definition) is 3. The molecular weight excluding hydrogens is 437 g/mol. The number of ether oxygens (including phenoxy) is 1. The number of benzene rings is 2. The van der Waals surface area contributed by atoms with Gasteiger partial charge in [0.15, 0.2) is 0 Å². The van der Waals surface area contributed by atoms with E-state index in [9.17, 15) is 14.7 Å². The molecule has 0 saturated carbocycles. The summed E-state index contributed by atoms with van der Waals surface area (Å²) in [7, 11) is 0. The lowest BCUT2D eigenvalue weighted by molar-refractivity contribution is -0.184. The van der Waals surface area contributed by atoms with Crippen LogP contribution in [-0.2, 0) is 14.3 Å². The van der Waals surface area contributed by atoms with Crippen molar-refractivity contribution in [3.8, 4) is 0 Å². The maximum atomic E-state index is 13.5. The van der Waals surface area contributed by atoms with Gasteiger partial charge in [-0.1, -0.05) is 66.9 Å². The quantitative estimate of drug-likeness (QED) is 0.501. The molecule has 1 heterocycles. The number of aliphatic carboxylic acids is 1. The van der Waals surface area contributed by atoms with E-state index in [0.29, 0.717) is 22.9 Å². The van der Waals surface area contributed by atoms with Crippen LogP contribution < -0.4 is 0 Å². The van der Waals surface area contributed by atoms with Crippen molar-refractivity contribution in [3.63, 3.8) is 0 Å². The Labute approximate surface area is 192 Å². The molecule has 1 fully saturated rings. The van der Waals surface area contributed by atoms with E-state index in [-0.39, 0.29) is 12.3 Å². The van der Waals surface area contributed by atoms with Crippen molar-refractivity contribution in [2.75, 3.05) is 0 Å². The Morgan fingerprint density at radius 3 is 2.16 bits per heavy atom. The maximum absolute atomic E-state index is 13.5. The van der Waals surface area contributed by atoms with E-state index in [0.717, 1.165) is 11.1 Å². The first-order valence-corrected chi connectivity index (χ1v) is 10.9. The number of rotatable bonds is 8. The summed E-state index contributed by atoms with van der Waals surface area (Å²) in [4.78, 5) is 27.2. The molecule has 2 aromatic rings. The van der Waals surface area contributed by atoms with Gasteiger partial charge < -0.3 is 14.7 Å². The van der Waals surface area contributed by atoms with Crippen LogP contribution >= 0.6 is 23.2 Å². The van der Waals surface area contributed by atoms with Crippen molar-refractivity contribution in [1.82, 2.24) is 4.90 Å². The highest BCUT2D eigenvalue weighted by Gasteiger charge is 2.47. The summed E-state index contributed by atoms with van der Waals surface area (Å²) in [5.41, 5.74) is 1.55. The van der Waals surface area contributed by atoms with Crippen molar-refractivity contribution >= 4 is 35.1 Å². The molecule has 1 N–H and O–H groups in total. The summed E-state index contributed by atoms with van der Waals surface area (Å²) >= 11 is 12.2. The number of halogens is 2. The molecule has 1 saturated heterocycles. The van der Waals surface area contributed by atoms with E-state index < -0.39 is 30.3 Å². The second-order valence-electron chi connectivity index (χ2n) is 7.51. The molecule has 0 unspecified atom stereocenters. The molecule has 5 nitrogen and oxygen atoms in total. The number of morpholine rings is 1. The second-order valence-corrected chi connectivity index (χ2v) is 8.38. The van der Waals surface area contributed by atoms with Gasteiger partial charge in [0.25, 0.3) is 5.91 Å². The largest absolute Gasteiger partial charge is 0.480 e. The Kier molecular flexibility index (Phi) is 7.76. The van der Waals surface area contributed by atoms with Crippen LogP contribution in [0.4, 0.5) is 0 Å². The molecule has 7 heteroatoms. The SMILES string of the molecule is C=CC[C@@H]1O[C@@H](c2ccc(Cl)cc2)[C@@H](c2ccc(Cl)cc2)N([C@H](CCC)C(=O)O)C1=O. The van der Waals surface area contributed by atoms with E-state index in [2.05, 4.69) is 6.58 Å². The maximum Gasteiger partial charge on any atom is 0.326 e. The Bertz CT molecular complexity index is 930. The van der Waals surface area contributed by atoms with Gasteiger partial charge in [-0.25, -0.2) is 4.79 Å². The van der Waals surface area contributed by atoms with Crippen LogP contribution in [0.3, 0.4) is 0 Å². The Morgan fingerprint density at radius 1 is 1.13 bits per heavy atom. The van der Waals surface area contributed by atoms with E-state index in [1.54, 1.807) is 42.5 Å². The lowest BCUT2D eigenvalue weighted by Crippen LogP contribution is -2.56. The molecule has 31 heavy (non-hydrogen) atoms. The first-order chi connectivity index (χ1) is 14.9. The Balaban J connectivity index is 2.18. The molecule has 3 rings (SSSR count). The van der Waals surface area contributed by atoms with Crippen LogP contribution in [0.25, 0.3) is 0 Å². The normalized spacial score (nSPS) is 22.2. The van der Waals surface area contributed by atoms with Gasteiger partial charge >= 0.3 is 5.97 Å². The molecule has 1 amide bonds. The lowest BCUT2D eigenvalue weighted by atomic mass is 9.89. The van der Waals surface area contributed by atoms with Crippen LogP contribution in [0.5, 0.6) is 0 Å². The average Bonchev–Trinajstić information content (AvgIpc) is 2.75. The molecule has 164 valence electrons. The van der Waals surface area contributed by atoms with Gasteiger partial charge in [-0.15, -0.1) is 6.58 Å². The molecule has 0 spiro atoms. The highest BCUT2D eigenvalue weighted by molar-refractivity contribution is 6.30. The fourth-order valence-corrected chi connectivity index (χ4v) is 4.23. The van der Waals surface area contributed by atoms with Crippen molar-refractivity contribution in [3.05, 3.63) is 82.4 Å². The molecule has 0 aromatic heterocycles. The zero-order valence-corrected chi connectivity index (χ0v) is 18.7. The van der Waals surface area contributed by atoms with Gasteiger partial charge in [0.05, 0.1) is 6.04 Å². The topological polar surface area (TPSA) is 66.8 Å². The van der Waals surface area contributed by atoms with Crippen molar-refractivity contribution in [2.24, 2.45) is 0 Å². The number of carbonyl (C=O) groups excluding carboxylic acids is 1. The molecule has 1 aliphatic heterocycles. The van der Waals surface area contributed by atoms with Crippen molar-refractivity contribution < 1.29 is 19.4 Å². The highest BCUT2D eigenvalue weighted by Crippen LogP contribution is 2.44. The first-order valence-electron chi connectivity index (χ1n) is 10.2. The van der Waals surface area contributed by atoms with Gasteiger partial charge in [0, 0.05) is 16.5 Å². The van der Waals surface area contributed by atoms with Crippen LogP contribution in [0, 0.1) is 0 Å². The van der Waals surface area contributed by atoms with Gasteiger partial charge in [-0.05, 0) is 41.8 Å². The first kappa shape index (κ1) is 23.3.